The van der Waals surface area contributed by atoms with Crippen LogP contribution in [0.25, 0.3) is 6.08 Å². The molecular weight excluding hydrogens is 218 g/mol. The summed E-state index contributed by atoms with van der Waals surface area (Å²) in [6.07, 6.45) is 1.67. The molecule has 17 heavy (non-hydrogen) atoms. The van der Waals surface area contributed by atoms with E-state index >= 15 is 0 Å². The van der Waals surface area contributed by atoms with Gasteiger partial charge >= 0.3 is 0 Å². The fourth-order valence-corrected chi connectivity index (χ4v) is 1.47. The van der Waals surface area contributed by atoms with Crippen LogP contribution in [0.3, 0.4) is 0 Å². The standard InChI is InChI=1S/C12H13N3O2/c1-2-17-9-5-3-8(4-6-9)7-10-11(16)15-12(13)14-10/h3-7H,2H2,1H3,(H3,13,14,15,16)/b10-7+. The van der Waals surface area contributed by atoms with Crippen molar-refractivity contribution in [1.29, 1.82) is 0 Å². The average molecular weight is 231 g/mol. The highest BCUT2D eigenvalue weighted by atomic mass is 16.5. The number of hydrogen-bond acceptors (Lipinski definition) is 4. The minimum absolute atomic E-state index is 0.132. The minimum Gasteiger partial charge on any atom is -0.494 e. The molecule has 0 atom stereocenters. The molecule has 0 bridgehead atoms. The van der Waals surface area contributed by atoms with E-state index in [1.54, 1.807) is 6.08 Å². The Balaban J connectivity index is 2.19. The first-order valence-electron chi connectivity index (χ1n) is 5.29. The van der Waals surface area contributed by atoms with Gasteiger partial charge in [-0.15, -0.1) is 0 Å². The van der Waals surface area contributed by atoms with Gasteiger partial charge in [0.05, 0.1) is 6.61 Å². The zero-order chi connectivity index (χ0) is 12.3. The van der Waals surface area contributed by atoms with Gasteiger partial charge in [-0.05, 0) is 30.7 Å². The monoisotopic (exact) mass is 231 g/mol. The zero-order valence-corrected chi connectivity index (χ0v) is 9.43. The largest absolute Gasteiger partial charge is 0.494 e. The molecule has 1 amide bonds. The number of benzene rings is 1. The fraction of sp³-hybridized carbons (Fsp3) is 0.167. The summed E-state index contributed by atoms with van der Waals surface area (Å²) in [6, 6.07) is 7.40. The molecule has 3 N–H and O–H groups in total. The Morgan fingerprint density at radius 2 is 2.12 bits per heavy atom. The van der Waals surface area contributed by atoms with Gasteiger partial charge in [-0.2, -0.15) is 0 Å². The minimum atomic E-state index is -0.281. The molecule has 1 aliphatic rings. The lowest BCUT2D eigenvalue weighted by Gasteiger charge is -2.02. The normalized spacial score (nSPS) is 16.9. The van der Waals surface area contributed by atoms with Gasteiger partial charge in [0, 0.05) is 0 Å². The van der Waals surface area contributed by atoms with Crippen molar-refractivity contribution < 1.29 is 9.53 Å². The Morgan fingerprint density at radius 3 is 2.65 bits per heavy atom. The van der Waals surface area contributed by atoms with Crippen LogP contribution in [0.5, 0.6) is 5.75 Å². The Labute approximate surface area is 99.0 Å². The van der Waals surface area contributed by atoms with Crippen molar-refractivity contribution in [3.8, 4) is 5.75 Å². The van der Waals surface area contributed by atoms with E-state index in [9.17, 15) is 4.79 Å². The van der Waals surface area contributed by atoms with Crippen molar-refractivity contribution in [3.63, 3.8) is 0 Å². The number of amides is 1. The predicted molar refractivity (Wildman–Crippen MR) is 65.4 cm³/mol. The average Bonchev–Trinajstić information content (AvgIpc) is 2.61. The van der Waals surface area contributed by atoms with E-state index in [1.165, 1.54) is 0 Å². The van der Waals surface area contributed by atoms with Crippen LogP contribution >= 0.6 is 0 Å². The molecule has 0 aliphatic carbocycles. The van der Waals surface area contributed by atoms with E-state index in [4.69, 9.17) is 10.5 Å². The van der Waals surface area contributed by atoms with Gasteiger partial charge in [0.1, 0.15) is 11.4 Å². The second kappa shape index (κ2) is 4.69. The molecule has 0 unspecified atom stereocenters. The van der Waals surface area contributed by atoms with Gasteiger partial charge in [0.25, 0.3) is 5.91 Å². The second-order valence-electron chi connectivity index (χ2n) is 3.48. The molecule has 0 radical (unpaired) electrons. The van der Waals surface area contributed by atoms with Crippen LogP contribution in [-0.2, 0) is 4.79 Å². The Hall–Kier alpha value is -2.30. The summed E-state index contributed by atoms with van der Waals surface area (Å²) < 4.78 is 5.32. The second-order valence-corrected chi connectivity index (χ2v) is 3.48. The van der Waals surface area contributed by atoms with Crippen LogP contribution in [0, 0.1) is 0 Å². The molecular formula is C12H13N3O2. The van der Waals surface area contributed by atoms with E-state index in [0.717, 1.165) is 11.3 Å². The molecule has 0 saturated carbocycles. The number of hydrogen-bond donors (Lipinski definition) is 2. The third-order valence-electron chi connectivity index (χ3n) is 2.21. The third kappa shape index (κ3) is 2.63. The summed E-state index contributed by atoms with van der Waals surface area (Å²) in [4.78, 5) is 15.2. The van der Waals surface area contributed by atoms with Crippen LogP contribution in [-0.4, -0.2) is 18.5 Å². The molecule has 0 saturated heterocycles. The summed E-state index contributed by atoms with van der Waals surface area (Å²) in [6.45, 7) is 2.56. The summed E-state index contributed by atoms with van der Waals surface area (Å²) >= 11 is 0. The number of nitrogens with one attached hydrogen (secondary N) is 1. The molecule has 1 aliphatic heterocycles. The molecule has 5 nitrogen and oxygen atoms in total. The first-order chi connectivity index (χ1) is 8.19. The van der Waals surface area contributed by atoms with Crippen LogP contribution in [0.15, 0.2) is 35.0 Å². The van der Waals surface area contributed by atoms with Crippen LogP contribution in [0.2, 0.25) is 0 Å². The van der Waals surface area contributed by atoms with Gasteiger partial charge in [-0.3, -0.25) is 10.1 Å². The molecule has 2 rings (SSSR count). The fourth-order valence-electron chi connectivity index (χ4n) is 1.47. The molecule has 0 aromatic heterocycles. The number of carbonyl (C=O) groups is 1. The third-order valence-corrected chi connectivity index (χ3v) is 2.21. The summed E-state index contributed by atoms with van der Waals surface area (Å²) in [7, 11) is 0. The summed E-state index contributed by atoms with van der Waals surface area (Å²) in [5.41, 5.74) is 6.57. The van der Waals surface area contributed by atoms with Gasteiger partial charge in [-0.25, -0.2) is 4.99 Å². The topological polar surface area (TPSA) is 76.7 Å². The Bertz CT molecular complexity index is 489. The summed E-state index contributed by atoms with van der Waals surface area (Å²) in [5, 5.41) is 2.41. The number of nitrogens with two attached hydrogens (primary N) is 1. The highest BCUT2D eigenvalue weighted by molar-refractivity contribution is 6.13. The van der Waals surface area contributed by atoms with Gasteiger partial charge < -0.3 is 10.5 Å². The van der Waals surface area contributed by atoms with Crippen LogP contribution < -0.4 is 15.8 Å². The van der Waals surface area contributed by atoms with Crippen molar-refractivity contribution in [2.45, 2.75) is 6.92 Å². The van der Waals surface area contributed by atoms with Crippen molar-refractivity contribution >= 4 is 17.9 Å². The molecule has 1 heterocycles. The van der Waals surface area contributed by atoms with Crippen molar-refractivity contribution in [3.05, 3.63) is 35.5 Å². The van der Waals surface area contributed by atoms with E-state index in [0.29, 0.717) is 12.3 Å². The molecule has 1 aromatic rings. The quantitative estimate of drug-likeness (QED) is 0.758. The lowest BCUT2D eigenvalue weighted by Crippen LogP contribution is -2.30. The molecule has 1 aromatic carbocycles. The van der Waals surface area contributed by atoms with E-state index in [-0.39, 0.29) is 11.9 Å². The van der Waals surface area contributed by atoms with Crippen molar-refractivity contribution in [2.75, 3.05) is 6.61 Å². The van der Waals surface area contributed by atoms with Crippen LogP contribution in [0.1, 0.15) is 12.5 Å². The van der Waals surface area contributed by atoms with Crippen LogP contribution in [0.4, 0.5) is 0 Å². The Morgan fingerprint density at radius 1 is 1.41 bits per heavy atom. The maximum absolute atomic E-state index is 11.4. The van der Waals surface area contributed by atoms with Gasteiger partial charge in [-0.1, -0.05) is 12.1 Å². The number of carbonyl (C=O) groups excluding carboxylic acids is 1. The zero-order valence-electron chi connectivity index (χ0n) is 9.43. The summed E-state index contributed by atoms with van der Waals surface area (Å²) in [5.74, 6) is 0.650. The van der Waals surface area contributed by atoms with Gasteiger partial charge in [0.15, 0.2) is 0 Å². The highest BCUT2D eigenvalue weighted by Gasteiger charge is 2.17. The smallest absolute Gasteiger partial charge is 0.276 e. The maximum Gasteiger partial charge on any atom is 0.276 e. The lowest BCUT2D eigenvalue weighted by atomic mass is 10.2. The highest BCUT2D eigenvalue weighted by Crippen LogP contribution is 2.16. The first-order valence-corrected chi connectivity index (χ1v) is 5.29. The molecule has 5 heteroatoms. The molecule has 0 fully saturated rings. The first kappa shape index (κ1) is 11.2. The predicted octanol–water partition coefficient (Wildman–Crippen LogP) is 0.871. The lowest BCUT2D eigenvalue weighted by molar-refractivity contribution is -0.115. The van der Waals surface area contributed by atoms with E-state index in [1.807, 2.05) is 31.2 Å². The Kier molecular flexibility index (Phi) is 3.09. The molecule has 88 valence electrons. The SMILES string of the molecule is CCOc1ccc(/C=C2/N=C(N)NC2=O)cc1. The number of aliphatic imine (C=N–C) groups is 1. The van der Waals surface area contributed by atoms with E-state index in [2.05, 4.69) is 10.3 Å². The number of rotatable bonds is 3. The maximum atomic E-state index is 11.4. The number of guanidine groups is 1. The number of nitrogens with zero attached hydrogens (tertiary/aromatic N) is 1. The molecule has 0 spiro atoms. The van der Waals surface area contributed by atoms with Gasteiger partial charge in [0.2, 0.25) is 5.96 Å². The number of ether oxygens (including phenoxy) is 1. The van der Waals surface area contributed by atoms with Crippen molar-refractivity contribution in [1.82, 2.24) is 5.32 Å². The van der Waals surface area contributed by atoms with Crippen molar-refractivity contribution in [2.24, 2.45) is 10.7 Å². The van der Waals surface area contributed by atoms with E-state index < -0.39 is 0 Å².